The number of halogens is 1. The lowest BCUT2D eigenvalue weighted by atomic mass is 9.80. The van der Waals surface area contributed by atoms with Crippen molar-refractivity contribution in [3.63, 3.8) is 0 Å². The fourth-order valence-electron chi connectivity index (χ4n) is 1.56. The highest BCUT2D eigenvalue weighted by molar-refractivity contribution is 9.10. The molecule has 18 heavy (non-hydrogen) atoms. The molecule has 2 rings (SSSR count). The summed E-state index contributed by atoms with van der Waals surface area (Å²) in [5.74, 6) is 0.612. The molecule has 0 fully saturated rings. The van der Waals surface area contributed by atoms with Crippen molar-refractivity contribution in [2.45, 2.75) is 6.61 Å². The Morgan fingerprint density at radius 2 is 1.83 bits per heavy atom. The van der Waals surface area contributed by atoms with E-state index in [1.165, 1.54) is 0 Å². The summed E-state index contributed by atoms with van der Waals surface area (Å²) in [4.78, 5) is 0. The van der Waals surface area contributed by atoms with E-state index >= 15 is 0 Å². The van der Waals surface area contributed by atoms with Gasteiger partial charge in [-0.25, -0.2) is 0 Å². The Kier molecular flexibility index (Phi) is 4.41. The van der Waals surface area contributed by atoms with Crippen LogP contribution in [-0.4, -0.2) is 17.2 Å². The molecule has 2 aromatic rings. The SMILES string of the molecule is OB(O)c1cccc(OCc2cccc(Br)c2)c1. The van der Waals surface area contributed by atoms with Crippen LogP contribution in [0.5, 0.6) is 5.75 Å². The minimum atomic E-state index is -1.47. The van der Waals surface area contributed by atoms with Crippen LogP contribution in [0.25, 0.3) is 0 Å². The summed E-state index contributed by atoms with van der Waals surface area (Å²) in [5, 5.41) is 18.1. The van der Waals surface area contributed by atoms with Gasteiger partial charge in [0, 0.05) is 4.47 Å². The lowest BCUT2D eigenvalue weighted by molar-refractivity contribution is 0.306. The maximum Gasteiger partial charge on any atom is 0.488 e. The maximum atomic E-state index is 9.06. The quantitative estimate of drug-likeness (QED) is 0.846. The predicted molar refractivity (Wildman–Crippen MR) is 74.7 cm³/mol. The zero-order valence-electron chi connectivity index (χ0n) is 9.58. The van der Waals surface area contributed by atoms with Crippen LogP contribution in [0.3, 0.4) is 0 Å². The number of hydrogen-bond donors (Lipinski definition) is 2. The van der Waals surface area contributed by atoms with Gasteiger partial charge < -0.3 is 14.8 Å². The van der Waals surface area contributed by atoms with Crippen molar-refractivity contribution < 1.29 is 14.8 Å². The van der Waals surface area contributed by atoms with E-state index in [-0.39, 0.29) is 0 Å². The Labute approximate surface area is 114 Å². The average molecular weight is 307 g/mol. The molecule has 0 aromatic heterocycles. The summed E-state index contributed by atoms with van der Waals surface area (Å²) in [7, 11) is -1.47. The molecule has 0 saturated carbocycles. The molecule has 3 nitrogen and oxygen atoms in total. The Morgan fingerprint density at radius 1 is 1.06 bits per heavy atom. The fraction of sp³-hybridized carbons (Fsp3) is 0.0769. The van der Waals surface area contributed by atoms with Gasteiger partial charge in [0.2, 0.25) is 0 Å². The van der Waals surface area contributed by atoms with Crippen molar-refractivity contribution in [2.75, 3.05) is 0 Å². The first-order valence-corrected chi connectivity index (χ1v) is 6.28. The average Bonchev–Trinajstić information content (AvgIpc) is 2.37. The van der Waals surface area contributed by atoms with Crippen LogP contribution >= 0.6 is 15.9 Å². The highest BCUT2D eigenvalue weighted by Crippen LogP contribution is 2.14. The largest absolute Gasteiger partial charge is 0.489 e. The van der Waals surface area contributed by atoms with Gasteiger partial charge in [-0.3, -0.25) is 0 Å². The molecule has 5 heteroatoms. The number of rotatable bonds is 4. The molecular formula is C13H12BBrO3. The van der Waals surface area contributed by atoms with E-state index in [4.69, 9.17) is 14.8 Å². The lowest BCUT2D eigenvalue weighted by Gasteiger charge is -2.08. The van der Waals surface area contributed by atoms with E-state index in [1.54, 1.807) is 24.3 Å². The molecule has 0 aliphatic carbocycles. The molecule has 0 aliphatic rings. The van der Waals surface area contributed by atoms with Gasteiger partial charge in [-0.05, 0) is 35.3 Å². The van der Waals surface area contributed by atoms with E-state index in [0.717, 1.165) is 10.0 Å². The van der Waals surface area contributed by atoms with Crippen LogP contribution in [0.15, 0.2) is 53.0 Å². The Hall–Kier alpha value is -1.30. The molecule has 0 saturated heterocycles. The zero-order valence-corrected chi connectivity index (χ0v) is 11.2. The topological polar surface area (TPSA) is 49.7 Å². The van der Waals surface area contributed by atoms with Crippen molar-refractivity contribution in [2.24, 2.45) is 0 Å². The van der Waals surface area contributed by atoms with E-state index in [0.29, 0.717) is 17.8 Å². The molecular weight excluding hydrogens is 295 g/mol. The number of benzene rings is 2. The minimum absolute atomic E-state index is 0.418. The first kappa shape index (κ1) is 13.1. The number of hydrogen-bond acceptors (Lipinski definition) is 3. The van der Waals surface area contributed by atoms with Gasteiger partial charge in [0.1, 0.15) is 12.4 Å². The van der Waals surface area contributed by atoms with Crippen molar-refractivity contribution in [3.8, 4) is 5.75 Å². The van der Waals surface area contributed by atoms with Crippen LogP contribution in [0.4, 0.5) is 0 Å². The second kappa shape index (κ2) is 6.04. The van der Waals surface area contributed by atoms with Gasteiger partial charge in [-0.2, -0.15) is 0 Å². The van der Waals surface area contributed by atoms with Gasteiger partial charge in [-0.1, -0.05) is 40.2 Å². The Bertz CT molecular complexity index is 531. The molecule has 0 spiro atoms. The third kappa shape index (κ3) is 3.60. The monoisotopic (exact) mass is 306 g/mol. The standard InChI is InChI=1S/C13H12BBrO3/c15-12-5-1-3-10(7-12)9-18-13-6-2-4-11(8-13)14(16)17/h1-8,16-17H,9H2. The second-order valence-electron chi connectivity index (χ2n) is 3.86. The summed E-state index contributed by atoms with van der Waals surface area (Å²) >= 11 is 3.40. The summed E-state index contributed by atoms with van der Waals surface area (Å²) in [6.45, 7) is 0.435. The van der Waals surface area contributed by atoms with Crippen molar-refractivity contribution in [1.29, 1.82) is 0 Å². The summed E-state index contributed by atoms with van der Waals surface area (Å²) < 4.78 is 6.60. The van der Waals surface area contributed by atoms with E-state index in [2.05, 4.69) is 15.9 Å². The fourth-order valence-corrected chi connectivity index (χ4v) is 2.01. The van der Waals surface area contributed by atoms with Gasteiger partial charge in [0.15, 0.2) is 0 Å². The predicted octanol–water partition coefficient (Wildman–Crippen LogP) is 1.71. The summed E-state index contributed by atoms with van der Waals surface area (Å²) in [5.41, 5.74) is 1.46. The maximum absolute atomic E-state index is 9.06. The molecule has 0 amide bonds. The molecule has 2 N–H and O–H groups in total. The van der Waals surface area contributed by atoms with Crippen molar-refractivity contribution >= 4 is 28.5 Å². The summed E-state index contributed by atoms with van der Waals surface area (Å²) in [6, 6.07) is 14.6. The van der Waals surface area contributed by atoms with Gasteiger partial charge in [0.25, 0.3) is 0 Å². The highest BCUT2D eigenvalue weighted by Gasteiger charge is 2.10. The normalized spacial score (nSPS) is 10.2. The van der Waals surface area contributed by atoms with Crippen LogP contribution < -0.4 is 10.2 Å². The van der Waals surface area contributed by atoms with E-state index in [9.17, 15) is 0 Å². The highest BCUT2D eigenvalue weighted by atomic mass is 79.9. The molecule has 2 aromatic carbocycles. The van der Waals surface area contributed by atoms with E-state index in [1.807, 2.05) is 24.3 Å². The van der Waals surface area contributed by atoms with E-state index < -0.39 is 7.12 Å². The first-order chi connectivity index (χ1) is 8.65. The minimum Gasteiger partial charge on any atom is -0.489 e. The third-order valence-electron chi connectivity index (χ3n) is 2.45. The lowest BCUT2D eigenvalue weighted by Crippen LogP contribution is -2.29. The Balaban J connectivity index is 2.04. The third-order valence-corrected chi connectivity index (χ3v) is 2.94. The van der Waals surface area contributed by atoms with Crippen molar-refractivity contribution in [1.82, 2.24) is 0 Å². The molecule has 0 bridgehead atoms. The molecule has 92 valence electrons. The zero-order chi connectivity index (χ0) is 13.0. The molecule has 0 atom stereocenters. The van der Waals surface area contributed by atoms with Crippen LogP contribution in [0.2, 0.25) is 0 Å². The van der Waals surface area contributed by atoms with Gasteiger partial charge in [-0.15, -0.1) is 0 Å². The Morgan fingerprint density at radius 3 is 2.56 bits per heavy atom. The van der Waals surface area contributed by atoms with Gasteiger partial charge in [0.05, 0.1) is 0 Å². The van der Waals surface area contributed by atoms with Crippen LogP contribution in [0, 0.1) is 0 Å². The molecule has 0 aliphatic heterocycles. The first-order valence-electron chi connectivity index (χ1n) is 5.48. The van der Waals surface area contributed by atoms with Crippen molar-refractivity contribution in [3.05, 3.63) is 58.6 Å². The second-order valence-corrected chi connectivity index (χ2v) is 4.78. The van der Waals surface area contributed by atoms with Crippen LogP contribution in [0.1, 0.15) is 5.56 Å². The van der Waals surface area contributed by atoms with Gasteiger partial charge >= 0.3 is 7.12 Å². The molecule has 0 unspecified atom stereocenters. The smallest absolute Gasteiger partial charge is 0.488 e. The van der Waals surface area contributed by atoms with Crippen LogP contribution in [-0.2, 0) is 6.61 Å². The molecule has 0 heterocycles. The number of ether oxygens (including phenoxy) is 1. The summed E-state index contributed by atoms with van der Waals surface area (Å²) in [6.07, 6.45) is 0. The molecule has 0 radical (unpaired) electrons.